The summed E-state index contributed by atoms with van der Waals surface area (Å²) in [6.45, 7) is 5.47. The molecule has 3 unspecified atom stereocenters. The van der Waals surface area contributed by atoms with Gasteiger partial charge in [-0.2, -0.15) is 4.98 Å². The van der Waals surface area contributed by atoms with E-state index >= 15 is 0 Å². The predicted octanol–water partition coefficient (Wildman–Crippen LogP) is 5.47. The fourth-order valence-corrected chi connectivity index (χ4v) is 4.92. The molecule has 10 heteroatoms. The third-order valence-corrected chi connectivity index (χ3v) is 6.73. The third-order valence-electron chi connectivity index (χ3n) is 5.26. The molecule has 0 spiro atoms. The van der Waals surface area contributed by atoms with Crippen LogP contribution in [0.2, 0.25) is 10.3 Å². The number of fused-ring (bicyclic) bond motifs is 3. The number of amides is 1. The maximum Gasteiger partial charge on any atom is 0.407 e. The zero-order valence-electron chi connectivity index (χ0n) is 16.1. The van der Waals surface area contributed by atoms with Gasteiger partial charge in [-0.3, -0.25) is 0 Å². The van der Waals surface area contributed by atoms with Crippen molar-refractivity contribution in [2.75, 3.05) is 4.90 Å². The van der Waals surface area contributed by atoms with Crippen LogP contribution >= 0.6 is 39.1 Å². The van der Waals surface area contributed by atoms with Crippen LogP contribution in [0.15, 0.2) is 10.5 Å². The Morgan fingerprint density at radius 3 is 2.76 bits per heavy atom. The second-order valence-electron chi connectivity index (χ2n) is 8.39. The molecule has 0 aliphatic carbocycles. The van der Waals surface area contributed by atoms with Crippen molar-refractivity contribution in [1.82, 2.24) is 15.3 Å². The summed E-state index contributed by atoms with van der Waals surface area (Å²) in [6.07, 6.45) is 2.13. The van der Waals surface area contributed by atoms with E-state index in [0.717, 1.165) is 19.3 Å². The maximum absolute atomic E-state index is 14.7. The molecule has 0 radical (unpaired) electrons. The number of halogens is 4. The van der Waals surface area contributed by atoms with E-state index in [2.05, 4.69) is 36.1 Å². The Morgan fingerprint density at radius 1 is 1.34 bits per heavy atom. The number of hydrogen-bond acceptors (Lipinski definition) is 5. The molecule has 156 valence electrons. The van der Waals surface area contributed by atoms with Crippen LogP contribution in [0.1, 0.15) is 40.0 Å². The first-order chi connectivity index (χ1) is 13.5. The summed E-state index contributed by atoms with van der Waals surface area (Å²) < 4.78 is 20.3. The number of carbonyl (C=O) groups excluding carboxylic acids is 1. The van der Waals surface area contributed by atoms with Gasteiger partial charge in [-0.25, -0.2) is 14.2 Å². The molecule has 2 saturated heterocycles. The van der Waals surface area contributed by atoms with Gasteiger partial charge in [0, 0.05) is 11.4 Å². The minimum Gasteiger partial charge on any atom is -0.444 e. The van der Waals surface area contributed by atoms with E-state index in [1.807, 2.05) is 20.8 Å². The van der Waals surface area contributed by atoms with Gasteiger partial charge in [0.05, 0.1) is 21.6 Å². The Labute approximate surface area is 186 Å². The number of hydrogen-bond donors (Lipinski definition) is 1. The largest absolute Gasteiger partial charge is 0.444 e. The Kier molecular flexibility index (Phi) is 5.32. The van der Waals surface area contributed by atoms with Gasteiger partial charge in [-0.1, -0.05) is 11.6 Å². The average Bonchev–Trinajstić information content (AvgIpc) is 3.16. The molecule has 29 heavy (non-hydrogen) atoms. The predicted molar refractivity (Wildman–Crippen MR) is 114 cm³/mol. The number of anilines is 1. The number of nitrogens with one attached hydrogen (secondary N) is 1. The molecular formula is C19H20BrCl2FN4O2. The Bertz CT molecular complexity index is 1000. The van der Waals surface area contributed by atoms with Gasteiger partial charge in [0.2, 0.25) is 5.28 Å². The standard InChI is InChI=1S/C19H20BrCl2FN4O2/c1-19(2,3)29-18(28)24-11-6-8-4-5-12(11)27(8)16-9-7-10(21)13(20)14(23)15(9)25-17(22)26-16/h7-8,11-12H,4-6H2,1-3H3,(H,24,28). The van der Waals surface area contributed by atoms with Crippen LogP contribution < -0.4 is 10.2 Å². The van der Waals surface area contributed by atoms with Crippen LogP contribution in [-0.2, 0) is 4.74 Å². The second kappa shape index (κ2) is 7.39. The van der Waals surface area contributed by atoms with Crippen LogP contribution in [0.5, 0.6) is 0 Å². The van der Waals surface area contributed by atoms with Gasteiger partial charge in [-0.15, -0.1) is 0 Å². The van der Waals surface area contributed by atoms with Crippen LogP contribution in [-0.4, -0.2) is 39.8 Å². The number of ether oxygens (including phenoxy) is 1. The monoisotopic (exact) mass is 504 g/mol. The molecule has 3 atom stereocenters. The summed E-state index contributed by atoms with van der Waals surface area (Å²) in [7, 11) is 0. The lowest BCUT2D eigenvalue weighted by Crippen LogP contribution is -2.46. The number of alkyl carbamates (subject to hydrolysis) is 1. The van der Waals surface area contributed by atoms with Gasteiger partial charge >= 0.3 is 6.09 Å². The number of benzene rings is 1. The summed E-state index contributed by atoms with van der Waals surface area (Å²) in [5.41, 5.74) is -0.460. The van der Waals surface area contributed by atoms with Crippen LogP contribution in [0.25, 0.3) is 10.9 Å². The quantitative estimate of drug-likeness (QED) is 0.432. The summed E-state index contributed by atoms with van der Waals surface area (Å²) in [5.74, 6) is -0.0395. The van der Waals surface area contributed by atoms with Gasteiger partial charge in [0.1, 0.15) is 16.9 Å². The molecule has 4 rings (SSSR count). The average molecular weight is 506 g/mol. The number of rotatable bonds is 2. The molecule has 6 nitrogen and oxygen atoms in total. The van der Waals surface area contributed by atoms with Crippen LogP contribution in [0.4, 0.5) is 15.0 Å². The van der Waals surface area contributed by atoms with Gasteiger partial charge in [0.25, 0.3) is 0 Å². The van der Waals surface area contributed by atoms with Crippen molar-refractivity contribution in [2.45, 2.75) is 63.8 Å². The molecule has 1 amide bonds. The highest BCUT2D eigenvalue weighted by Gasteiger charge is 2.48. The molecule has 0 saturated carbocycles. The summed E-state index contributed by atoms with van der Waals surface area (Å²) >= 11 is 15.5. The van der Waals surface area contributed by atoms with Crippen LogP contribution in [0.3, 0.4) is 0 Å². The van der Waals surface area contributed by atoms with E-state index in [-0.39, 0.29) is 38.4 Å². The highest BCUT2D eigenvalue weighted by atomic mass is 79.9. The van der Waals surface area contributed by atoms with Gasteiger partial charge in [-0.05, 0) is 73.6 Å². The van der Waals surface area contributed by atoms with Crippen LogP contribution in [0, 0.1) is 5.82 Å². The summed E-state index contributed by atoms with van der Waals surface area (Å²) in [5, 5.41) is 3.66. The Hall–Kier alpha value is -1.38. The summed E-state index contributed by atoms with van der Waals surface area (Å²) in [4.78, 5) is 22.8. The van der Waals surface area contributed by atoms with Crippen molar-refractivity contribution in [2.24, 2.45) is 0 Å². The first-order valence-electron chi connectivity index (χ1n) is 9.34. The molecule has 2 aliphatic heterocycles. The Balaban J connectivity index is 1.69. The normalized spacial score (nSPS) is 23.7. The van der Waals surface area contributed by atoms with Crippen molar-refractivity contribution in [3.05, 3.63) is 26.7 Å². The molecule has 3 heterocycles. The number of aromatic nitrogens is 2. The van der Waals surface area contributed by atoms with Crippen molar-refractivity contribution in [1.29, 1.82) is 0 Å². The lowest BCUT2D eigenvalue weighted by atomic mass is 9.96. The van der Waals surface area contributed by atoms with Crippen molar-refractivity contribution >= 4 is 61.9 Å². The highest BCUT2D eigenvalue weighted by molar-refractivity contribution is 9.10. The van der Waals surface area contributed by atoms with E-state index < -0.39 is 17.5 Å². The lowest BCUT2D eigenvalue weighted by molar-refractivity contribution is 0.0497. The molecule has 1 aromatic carbocycles. The minimum atomic E-state index is -0.576. The second-order valence-corrected chi connectivity index (χ2v) is 9.93. The minimum absolute atomic E-state index is 0.00664. The highest BCUT2D eigenvalue weighted by Crippen LogP contribution is 2.44. The fourth-order valence-electron chi connectivity index (χ4n) is 4.26. The molecule has 1 N–H and O–H groups in total. The van der Waals surface area contributed by atoms with E-state index in [1.54, 1.807) is 6.07 Å². The molecule has 1 aromatic heterocycles. The molecule has 2 aromatic rings. The zero-order chi connectivity index (χ0) is 21.1. The third kappa shape index (κ3) is 3.86. The zero-order valence-corrected chi connectivity index (χ0v) is 19.2. The van der Waals surface area contributed by atoms with Gasteiger partial charge < -0.3 is 15.0 Å². The first kappa shape index (κ1) is 20.9. The molecule has 2 fully saturated rings. The van der Waals surface area contributed by atoms with Crippen molar-refractivity contribution in [3.8, 4) is 0 Å². The topological polar surface area (TPSA) is 67.3 Å². The Morgan fingerprint density at radius 2 is 2.07 bits per heavy atom. The SMILES string of the molecule is CC(C)(C)OC(=O)NC1CC2CCC1N2c1nc(Cl)nc2c(F)c(Br)c(Cl)cc12. The van der Waals surface area contributed by atoms with E-state index in [9.17, 15) is 9.18 Å². The smallest absolute Gasteiger partial charge is 0.407 e. The van der Waals surface area contributed by atoms with Crippen molar-refractivity contribution < 1.29 is 13.9 Å². The summed E-state index contributed by atoms with van der Waals surface area (Å²) in [6, 6.07) is 1.71. The maximum atomic E-state index is 14.7. The van der Waals surface area contributed by atoms with E-state index in [4.69, 9.17) is 27.9 Å². The molecule has 2 aliphatic rings. The number of nitrogens with zero attached hydrogens (tertiary/aromatic N) is 3. The first-order valence-corrected chi connectivity index (χ1v) is 10.9. The lowest BCUT2D eigenvalue weighted by Gasteiger charge is -2.28. The molecule has 2 bridgehead atoms. The van der Waals surface area contributed by atoms with E-state index in [0.29, 0.717) is 11.2 Å². The van der Waals surface area contributed by atoms with E-state index in [1.165, 1.54) is 0 Å². The number of carbonyl (C=O) groups is 1. The molecular weight excluding hydrogens is 486 g/mol. The van der Waals surface area contributed by atoms with Crippen molar-refractivity contribution in [3.63, 3.8) is 0 Å². The fraction of sp³-hybridized carbons (Fsp3) is 0.526. The van der Waals surface area contributed by atoms with Gasteiger partial charge in [0.15, 0.2) is 5.82 Å².